The number of fused-ring (bicyclic) bond motifs is 2. The van der Waals surface area contributed by atoms with Crippen molar-refractivity contribution < 1.29 is 24.2 Å². The number of carbonyl (C=O) groups is 3. The zero-order chi connectivity index (χ0) is 19.9. The average Bonchev–Trinajstić information content (AvgIpc) is 3.15. The van der Waals surface area contributed by atoms with Gasteiger partial charge < -0.3 is 19.6 Å². The molecule has 4 rings (SSSR count). The number of carboxylic acid groups (broad SMARTS) is 1. The van der Waals surface area contributed by atoms with Gasteiger partial charge in [-0.25, -0.2) is 4.79 Å². The quantitative estimate of drug-likeness (QED) is 0.813. The van der Waals surface area contributed by atoms with Gasteiger partial charge in [0.2, 0.25) is 11.8 Å². The van der Waals surface area contributed by atoms with E-state index in [1.54, 1.807) is 13.0 Å². The summed E-state index contributed by atoms with van der Waals surface area (Å²) in [5.74, 6) is -0.633. The van der Waals surface area contributed by atoms with Crippen LogP contribution in [-0.4, -0.2) is 65.5 Å². The highest BCUT2D eigenvalue weighted by molar-refractivity contribution is 7.14. The topological polar surface area (TPSA) is 87.2 Å². The van der Waals surface area contributed by atoms with Crippen molar-refractivity contribution in [1.29, 1.82) is 0 Å². The van der Waals surface area contributed by atoms with Crippen molar-refractivity contribution in [2.45, 2.75) is 44.6 Å². The standard InChI is InChI=1S/C20H26N2O5S/c1-13(23)21-7-2-14(3-8-21)18(24)22-9-5-20(6-10-22)17-15(4-11-27-20)12-16(28-17)19(25)26/h12,14H,2-11H2,1H3,(H,25,26). The molecular formula is C20H26N2O5S. The number of carbonyl (C=O) groups excluding carboxylic acids is 2. The lowest BCUT2D eigenvalue weighted by Gasteiger charge is -2.44. The summed E-state index contributed by atoms with van der Waals surface area (Å²) >= 11 is 1.32. The van der Waals surface area contributed by atoms with Gasteiger partial charge in [-0.2, -0.15) is 0 Å². The minimum absolute atomic E-state index is 0.00663. The number of likely N-dealkylation sites (tertiary alicyclic amines) is 2. The van der Waals surface area contributed by atoms with Crippen molar-refractivity contribution in [2.75, 3.05) is 32.8 Å². The number of ether oxygens (including phenoxy) is 1. The van der Waals surface area contributed by atoms with E-state index in [2.05, 4.69) is 0 Å². The van der Waals surface area contributed by atoms with Gasteiger partial charge >= 0.3 is 5.97 Å². The van der Waals surface area contributed by atoms with Gasteiger partial charge in [-0.3, -0.25) is 9.59 Å². The van der Waals surface area contributed by atoms with E-state index in [0.29, 0.717) is 50.5 Å². The first-order chi connectivity index (χ1) is 13.4. The van der Waals surface area contributed by atoms with Crippen LogP contribution in [0.3, 0.4) is 0 Å². The normalized spacial score (nSPS) is 22.2. The van der Waals surface area contributed by atoms with Crippen LogP contribution in [-0.2, 0) is 26.3 Å². The number of nitrogens with zero attached hydrogens (tertiary/aromatic N) is 2. The van der Waals surface area contributed by atoms with Crippen LogP contribution < -0.4 is 0 Å². The molecule has 0 saturated carbocycles. The Hall–Kier alpha value is -1.93. The molecule has 3 aliphatic heterocycles. The van der Waals surface area contributed by atoms with Crippen molar-refractivity contribution in [2.24, 2.45) is 5.92 Å². The van der Waals surface area contributed by atoms with E-state index in [1.807, 2.05) is 9.80 Å². The molecule has 8 heteroatoms. The van der Waals surface area contributed by atoms with E-state index < -0.39 is 11.6 Å². The number of piperidine rings is 2. The molecule has 1 N–H and O–H groups in total. The monoisotopic (exact) mass is 406 g/mol. The van der Waals surface area contributed by atoms with E-state index in [1.165, 1.54) is 11.3 Å². The predicted octanol–water partition coefficient (Wildman–Crippen LogP) is 2.10. The lowest BCUT2D eigenvalue weighted by atomic mass is 9.84. The third kappa shape index (κ3) is 3.43. The Morgan fingerprint density at radius 2 is 1.82 bits per heavy atom. The maximum absolute atomic E-state index is 12.9. The lowest BCUT2D eigenvalue weighted by Crippen LogP contribution is -2.50. The molecule has 152 valence electrons. The Morgan fingerprint density at radius 3 is 2.43 bits per heavy atom. The van der Waals surface area contributed by atoms with Crippen molar-refractivity contribution in [3.63, 3.8) is 0 Å². The fourth-order valence-corrected chi connectivity index (χ4v) is 5.94. The van der Waals surface area contributed by atoms with Crippen molar-refractivity contribution in [1.82, 2.24) is 9.80 Å². The van der Waals surface area contributed by atoms with Gasteiger partial charge in [0.05, 0.1) is 6.61 Å². The molecule has 0 radical (unpaired) electrons. The Morgan fingerprint density at radius 1 is 1.14 bits per heavy atom. The van der Waals surface area contributed by atoms with E-state index in [9.17, 15) is 19.5 Å². The van der Waals surface area contributed by atoms with Crippen LogP contribution in [0.5, 0.6) is 0 Å². The van der Waals surface area contributed by atoms with Crippen molar-refractivity contribution in [3.8, 4) is 0 Å². The van der Waals surface area contributed by atoms with Gasteiger partial charge in [0, 0.05) is 43.9 Å². The molecule has 7 nitrogen and oxygen atoms in total. The molecule has 1 spiro atoms. The van der Waals surface area contributed by atoms with Crippen LogP contribution in [0.2, 0.25) is 0 Å². The number of aromatic carboxylic acids is 1. The second kappa shape index (κ2) is 7.48. The summed E-state index contributed by atoms with van der Waals surface area (Å²) in [6.07, 6.45) is 3.62. The molecule has 1 aromatic rings. The number of amides is 2. The van der Waals surface area contributed by atoms with E-state index in [-0.39, 0.29) is 17.7 Å². The first-order valence-electron chi connectivity index (χ1n) is 9.94. The number of hydrogen-bond donors (Lipinski definition) is 1. The largest absolute Gasteiger partial charge is 0.477 e. The van der Waals surface area contributed by atoms with Crippen LogP contribution >= 0.6 is 11.3 Å². The van der Waals surface area contributed by atoms with Gasteiger partial charge in [0.25, 0.3) is 0 Å². The lowest BCUT2D eigenvalue weighted by molar-refractivity contribution is -0.147. The number of hydrogen-bond acceptors (Lipinski definition) is 5. The summed E-state index contributed by atoms with van der Waals surface area (Å²) in [6.45, 7) is 4.74. The Bertz CT molecular complexity index is 789. The van der Waals surface area contributed by atoms with E-state index in [4.69, 9.17) is 4.74 Å². The van der Waals surface area contributed by atoms with Gasteiger partial charge in [-0.1, -0.05) is 0 Å². The highest BCUT2D eigenvalue weighted by Gasteiger charge is 2.44. The number of carboxylic acids is 1. The molecule has 0 unspecified atom stereocenters. The molecule has 0 aliphatic carbocycles. The smallest absolute Gasteiger partial charge is 0.345 e. The molecule has 2 amide bonds. The molecule has 0 bridgehead atoms. The molecule has 1 aromatic heterocycles. The third-order valence-electron chi connectivity index (χ3n) is 6.36. The zero-order valence-electron chi connectivity index (χ0n) is 16.1. The maximum Gasteiger partial charge on any atom is 0.345 e. The minimum atomic E-state index is -0.890. The summed E-state index contributed by atoms with van der Waals surface area (Å²) < 4.78 is 6.18. The Kier molecular flexibility index (Phi) is 5.18. The predicted molar refractivity (Wildman–Crippen MR) is 103 cm³/mol. The second-order valence-electron chi connectivity index (χ2n) is 7.97. The van der Waals surface area contributed by atoms with Crippen LogP contribution in [0.4, 0.5) is 0 Å². The molecule has 28 heavy (non-hydrogen) atoms. The van der Waals surface area contributed by atoms with Gasteiger partial charge in [-0.05, 0) is 43.7 Å². The molecule has 2 fully saturated rings. The summed E-state index contributed by atoms with van der Waals surface area (Å²) in [6, 6.07) is 1.78. The average molecular weight is 407 g/mol. The summed E-state index contributed by atoms with van der Waals surface area (Å²) in [5, 5.41) is 9.33. The Labute approximate surface area is 168 Å². The van der Waals surface area contributed by atoms with Crippen LogP contribution in [0.15, 0.2) is 6.07 Å². The minimum Gasteiger partial charge on any atom is -0.477 e. The van der Waals surface area contributed by atoms with Crippen LogP contribution in [0.1, 0.15) is 52.7 Å². The molecular weight excluding hydrogens is 380 g/mol. The first-order valence-corrected chi connectivity index (χ1v) is 10.8. The zero-order valence-corrected chi connectivity index (χ0v) is 16.9. The van der Waals surface area contributed by atoms with E-state index >= 15 is 0 Å². The van der Waals surface area contributed by atoms with Crippen molar-refractivity contribution in [3.05, 3.63) is 21.4 Å². The van der Waals surface area contributed by atoms with Gasteiger partial charge in [-0.15, -0.1) is 11.3 Å². The number of rotatable bonds is 2. The summed E-state index contributed by atoms with van der Waals surface area (Å²) in [4.78, 5) is 40.9. The van der Waals surface area contributed by atoms with Crippen molar-refractivity contribution >= 4 is 29.1 Å². The summed E-state index contributed by atoms with van der Waals surface area (Å²) in [7, 11) is 0. The molecule has 4 heterocycles. The fraction of sp³-hybridized carbons (Fsp3) is 0.650. The van der Waals surface area contributed by atoms with Gasteiger partial charge in [0.1, 0.15) is 10.5 Å². The highest BCUT2D eigenvalue weighted by atomic mass is 32.1. The molecule has 3 aliphatic rings. The fourth-order valence-electron chi connectivity index (χ4n) is 4.69. The molecule has 0 atom stereocenters. The van der Waals surface area contributed by atoms with E-state index in [0.717, 1.165) is 29.7 Å². The molecule has 0 aromatic carbocycles. The highest BCUT2D eigenvalue weighted by Crippen LogP contribution is 2.45. The maximum atomic E-state index is 12.9. The first kappa shape index (κ1) is 19.4. The number of thiophene rings is 1. The summed E-state index contributed by atoms with van der Waals surface area (Å²) in [5.41, 5.74) is 0.644. The third-order valence-corrected chi connectivity index (χ3v) is 7.71. The van der Waals surface area contributed by atoms with Crippen LogP contribution in [0.25, 0.3) is 0 Å². The van der Waals surface area contributed by atoms with Gasteiger partial charge in [0.15, 0.2) is 0 Å². The van der Waals surface area contributed by atoms with Crippen LogP contribution in [0, 0.1) is 5.92 Å². The molecule has 2 saturated heterocycles. The SMILES string of the molecule is CC(=O)N1CCC(C(=O)N2CCC3(CC2)OCCc2cc(C(=O)O)sc23)CC1. The second-order valence-corrected chi connectivity index (χ2v) is 9.02. The Balaban J connectivity index is 1.41.